The Hall–Kier alpha value is -2.80. The van der Waals surface area contributed by atoms with Crippen molar-refractivity contribution in [3.05, 3.63) is 108 Å². The van der Waals surface area contributed by atoms with Crippen LogP contribution in [0.3, 0.4) is 0 Å². The van der Waals surface area contributed by atoms with E-state index >= 15 is 0 Å². The fraction of sp³-hybridized carbons (Fsp3) is 0.0476. The van der Waals surface area contributed by atoms with E-state index in [0.717, 1.165) is 12.2 Å². The summed E-state index contributed by atoms with van der Waals surface area (Å²) in [7, 11) is 0. The molecule has 0 atom stereocenters. The molecule has 0 radical (unpaired) electrons. The molecule has 0 heterocycles. The van der Waals surface area contributed by atoms with Gasteiger partial charge < -0.3 is 5.32 Å². The summed E-state index contributed by atoms with van der Waals surface area (Å²) in [6, 6.07) is 31.3. The second-order valence-electron chi connectivity index (χ2n) is 5.17. The Morgan fingerprint density at radius 3 is 1.86 bits per heavy atom. The molecule has 0 bridgehead atoms. The van der Waals surface area contributed by atoms with Crippen molar-refractivity contribution in [3.63, 3.8) is 0 Å². The summed E-state index contributed by atoms with van der Waals surface area (Å²) in [5.41, 5.74) is 4.80. The zero-order valence-corrected chi connectivity index (χ0v) is 12.4. The Morgan fingerprint density at radius 2 is 1.23 bits per heavy atom. The van der Waals surface area contributed by atoms with Crippen LogP contribution in [-0.4, -0.2) is 0 Å². The quantitative estimate of drug-likeness (QED) is 0.652. The highest BCUT2D eigenvalue weighted by atomic mass is 14.9. The Kier molecular flexibility index (Phi) is 4.68. The maximum Gasteiger partial charge on any atom is 0.0422 e. The van der Waals surface area contributed by atoms with Crippen LogP contribution < -0.4 is 5.32 Å². The van der Waals surface area contributed by atoms with Gasteiger partial charge in [0.1, 0.15) is 0 Å². The average molecular weight is 285 g/mol. The Morgan fingerprint density at radius 1 is 0.682 bits per heavy atom. The number of hydrogen-bond donors (Lipinski definition) is 1. The van der Waals surface area contributed by atoms with Crippen molar-refractivity contribution < 1.29 is 0 Å². The van der Waals surface area contributed by atoms with Gasteiger partial charge in [-0.25, -0.2) is 0 Å². The topological polar surface area (TPSA) is 12.0 Å². The molecule has 0 aromatic heterocycles. The molecule has 0 unspecified atom stereocenters. The second-order valence-corrected chi connectivity index (χ2v) is 5.17. The molecule has 22 heavy (non-hydrogen) atoms. The van der Waals surface area contributed by atoms with E-state index < -0.39 is 0 Å². The fourth-order valence-corrected chi connectivity index (χ4v) is 2.36. The number of benzene rings is 3. The van der Waals surface area contributed by atoms with Crippen molar-refractivity contribution >= 4 is 11.8 Å². The molecule has 1 heteroatoms. The average Bonchev–Trinajstić information content (AvgIpc) is 2.61. The smallest absolute Gasteiger partial charge is 0.0422 e. The number of nitrogens with one attached hydrogen (secondary N) is 1. The standard InChI is InChI=1S/C21H19N/c1-4-10-18(11-5-1)16-21(20-14-8-3-9-15-20)22-17-19-12-6-2-7-13-19/h1-16,22H,17H2/b21-16+. The van der Waals surface area contributed by atoms with Crippen LogP contribution in [0.25, 0.3) is 11.8 Å². The normalized spacial score (nSPS) is 11.2. The zero-order chi connectivity index (χ0) is 15.0. The lowest BCUT2D eigenvalue weighted by Gasteiger charge is -2.12. The van der Waals surface area contributed by atoms with Gasteiger partial charge in [0.05, 0.1) is 0 Å². The maximum atomic E-state index is 3.56. The molecule has 0 saturated carbocycles. The highest BCUT2D eigenvalue weighted by Gasteiger charge is 2.01. The van der Waals surface area contributed by atoms with E-state index in [4.69, 9.17) is 0 Å². The molecule has 108 valence electrons. The molecule has 3 aromatic carbocycles. The van der Waals surface area contributed by atoms with Crippen LogP contribution in [0.2, 0.25) is 0 Å². The molecule has 0 aliphatic rings. The van der Waals surface area contributed by atoms with Gasteiger partial charge in [0.25, 0.3) is 0 Å². The molecule has 0 fully saturated rings. The van der Waals surface area contributed by atoms with Crippen LogP contribution in [0.1, 0.15) is 16.7 Å². The molecule has 0 aliphatic carbocycles. The van der Waals surface area contributed by atoms with Crippen molar-refractivity contribution in [1.82, 2.24) is 5.32 Å². The minimum atomic E-state index is 0.814. The van der Waals surface area contributed by atoms with Crippen molar-refractivity contribution in [2.24, 2.45) is 0 Å². The van der Waals surface area contributed by atoms with Gasteiger partial charge in [-0.2, -0.15) is 0 Å². The van der Waals surface area contributed by atoms with E-state index in [1.165, 1.54) is 16.7 Å². The van der Waals surface area contributed by atoms with E-state index in [-0.39, 0.29) is 0 Å². The zero-order valence-electron chi connectivity index (χ0n) is 12.4. The van der Waals surface area contributed by atoms with Gasteiger partial charge in [0, 0.05) is 12.2 Å². The molecule has 0 amide bonds. The Bertz CT molecular complexity index is 716. The molecule has 1 N–H and O–H groups in total. The summed E-state index contributed by atoms with van der Waals surface area (Å²) in [6.45, 7) is 0.814. The van der Waals surface area contributed by atoms with Gasteiger partial charge in [-0.15, -0.1) is 0 Å². The first-order valence-corrected chi connectivity index (χ1v) is 7.52. The van der Waals surface area contributed by atoms with Gasteiger partial charge >= 0.3 is 0 Å². The molecule has 0 saturated heterocycles. The minimum absolute atomic E-state index is 0.814. The second kappa shape index (κ2) is 7.28. The summed E-state index contributed by atoms with van der Waals surface area (Å²) in [5.74, 6) is 0. The van der Waals surface area contributed by atoms with Crippen LogP contribution in [0.15, 0.2) is 91.0 Å². The van der Waals surface area contributed by atoms with Crippen molar-refractivity contribution in [2.45, 2.75) is 6.54 Å². The molecular weight excluding hydrogens is 266 g/mol. The molecular formula is C21H19N. The van der Waals surface area contributed by atoms with Crippen LogP contribution in [0.4, 0.5) is 0 Å². The summed E-state index contributed by atoms with van der Waals surface area (Å²) < 4.78 is 0. The third-order valence-electron chi connectivity index (χ3n) is 3.52. The highest BCUT2D eigenvalue weighted by Crippen LogP contribution is 2.16. The van der Waals surface area contributed by atoms with E-state index in [0.29, 0.717) is 0 Å². The molecule has 1 nitrogen and oxygen atoms in total. The molecule has 3 rings (SSSR count). The maximum absolute atomic E-state index is 3.56. The predicted octanol–water partition coefficient (Wildman–Crippen LogP) is 4.97. The van der Waals surface area contributed by atoms with Gasteiger partial charge in [0.2, 0.25) is 0 Å². The van der Waals surface area contributed by atoms with E-state index in [1.807, 2.05) is 18.2 Å². The van der Waals surface area contributed by atoms with Crippen LogP contribution in [-0.2, 0) is 6.54 Å². The first kappa shape index (κ1) is 14.2. The minimum Gasteiger partial charge on any atom is -0.380 e. The lowest BCUT2D eigenvalue weighted by Crippen LogP contribution is -2.11. The molecule has 0 spiro atoms. The largest absolute Gasteiger partial charge is 0.380 e. The summed E-state index contributed by atoms with van der Waals surface area (Å²) in [5, 5.41) is 3.56. The van der Waals surface area contributed by atoms with E-state index in [9.17, 15) is 0 Å². The summed E-state index contributed by atoms with van der Waals surface area (Å²) in [4.78, 5) is 0. The summed E-state index contributed by atoms with van der Waals surface area (Å²) >= 11 is 0. The number of rotatable bonds is 5. The van der Waals surface area contributed by atoms with Crippen LogP contribution in [0.5, 0.6) is 0 Å². The Labute approximate surface area is 132 Å². The SMILES string of the molecule is C(=C(\NCc1ccccc1)c1ccccc1)/c1ccccc1. The lowest BCUT2D eigenvalue weighted by atomic mass is 10.1. The third kappa shape index (κ3) is 3.86. The predicted molar refractivity (Wildman–Crippen MR) is 94.0 cm³/mol. The first-order valence-electron chi connectivity index (χ1n) is 7.52. The molecule has 0 aliphatic heterocycles. The fourth-order valence-electron chi connectivity index (χ4n) is 2.36. The van der Waals surface area contributed by atoms with Gasteiger partial charge in [-0.3, -0.25) is 0 Å². The van der Waals surface area contributed by atoms with Crippen LogP contribution >= 0.6 is 0 Å². The third-order valence-corrected chi connectivity index (χ3v) is 3.52. The van der Waals surface area contributed by atoms with E-state index in [1.54, 1.807) is 0 Å². The van der Waals surface area contributed by atoms with Crippen molar-refractivity contribution in [2.75, 3.05) is 0 Å². The monoisotopic (exact) mass is 285 g/mol. The Balaban J connectivity index is 1.85. The van der Waals surface area contributed by atoms with Gasteiger partial charge in [-0.05, 0) is 22.8 Å². The van der Waals surface area contributed by atoms with Crippen molar-refractivity contribution in [1.29, 1.82) is 0 Å². The lowest BCUT2D eigenvalue weighted by molar-refractivity contribution is 0.893. The number of hydrogen-bond acceptors (Lipinski definition) is 1. The summed E-state index contributed by atoms with van der Waals surface area (Å²) in [6.07, 6.45) is 2.19. The molecule has 3 aromatic rings. The van der Waals surface area contributed by atoms with Crippen molar-refractivity contribution in [3.8, 4) is 0 Å². The first-order chi connectivity index (χ1) is 10.9. The van der Waals surface area contributed by atoms with Gasteiger partial charge in [0.15, 0.2) is 0 Å². The highest BCUT2D eigenvalue weighted by molar-refractivity contribution is 5.80. The van der Waals surface area contributed by atoms with E-state index in [2.05, 4.69) is 84.2 Å². The van der Waals surface area contributed by atoms with Gasteiger partial charge in [-0.1, -0.05) is 91.0 Å². The van der Waals surface area contributed by atoms with Crippen LogP contribution in [0, 0.1) is 0 Å².